The highest BCUT2D eigenvalue weighted by Crippen LogP contribution is 2.31. The largest absolute Gasteiger partial charge is 0.390 e. The summed E-state index contributed by atoms with van der Waals surface area (Å²) in [4.78, 5) is 12.2. The second-order valence-corrected chi connectivity index (χ2v) is 5.35. The van der Waals surface area contributed by atoms with Crippen LogP contribution in [0.15, 0.2) is 36.4 Å². The number of hydrogen-bond donors (Lipinski definition) is 2. The quantitative estimate of drug-likeness (QED) is 0.893. The summed E-state index contributed by atoms with van der Waals surface area (Å²) in [5, 5.41) is 21.2. The molecule has 23 heavy (non-hydrogen) atoms. The van der Waals surface area contributed by atoms with Crippen LogP contribution in [0.5, 0.6) is 0 Å². The van der Waals surface area contributed by atoms with E-state index in [1.165, 1.54) is 0 Å². The highest BCUT2D eigenvalue weighted by molar-refractivity contribution is 5.95. The van der Waals surface area contributed by atoms with Crippen LogP contribution in [-0.4, -0.2) is 17.1 Å². The van der Waals surface area contributed by atoms with Gasteiger partial charge in [-0.15, -0.1) is 0 Å². The summed E-state index contributed by atoms with van der Waals surface area (Å²) in [5.41, 5.74) is 0.636. The number of aliphatic hydroxyl groups excluding tert-OH is 1. The number of aliphatic hydroxyl groups is 1. The molecule has 0 radical (unpaired) electrons. The highest BCUT2D eigenvalue weighted by atomic mass is 19.1. The Kier molecular flexibility index (Phi) is 3.80. The van der Waals surface area contributed by atoms with E-state index >= 15 is 0 Å². The van der Waals surface area contributed by atoms with Crippen LogP contribution in [0, 0.1) is 23.0 Å². The van der Waals surface area contributed by atoms with Crippen molar-refractivity contribution in [1.29, 1.82) is 5.26 Å². The first-order valence-electron chi connectivity index (χ1n) is 6.97. The van der Waals surface area contributed by atoms with Gasteiger partial charge in [0.25, 0.3) is 5.91 Å². The average molecular weight is 314 g/mol. The summed E-state index contributed by atoms with van der Waals surface area (Å²) in [6, 6.07) is 9.65. The number of nitriles is 1. The number of nitrogens with zero attached hydrogens (tertiary/aromatic N) is 1. The SMILES string of the molecule is N#Cc1cc(F)c(C(=O)NC2c3ccccc3CC2O)c(F)c1. The average Bonchev–Trinajstić information content (AvgIpc) is 2.82. The van der Waals surface area contributed by atoms with Crippen LogP contribution in [0.1, 0.15) is 33.1 Å². The molecular weight excluding hydrogens is 302 g/mol. The summed E-state index contributed by atoms with van der Waals surface area (Å²) in [6.45, 7) is 0. The Morgan fingerprint density at radius 2 is 1.91 bits per heavy atom. The predicted molar refractivity (Wildman–Crippen MR) is 77.4 cm³/mol. The molecule has 2 atom stereocenters. The second kappa shape index (κ2) is 5.78. The fraction of sp³-hybridized carbons (Fsp3) is 0.176. The summed E-state index contributed by atoms with van der Waals surface area (Å²) in [6.07, 6.45) is -0.500. The second-order valence-electron chi connectivity index (χ2n) is 5.35. The van der Waals surface area contributed by atoms with Crippen molar-refractivity contribution in [2.24, 2.45) is 0 Å². The van der Waals surface area contributed by atoms with E-state index in [-0.39, 0.29) is 5.56 Å². The summed E-state index contributed by atoms with van der Waals surface area (Å²) in [5.74, 6) is -3.19. The Morgan fingerprint density at radius 3 is 2.57 bits per heavy atom. The van der Waals surface area contributed by atoms with Gasteiger partial charge < -0.3 is 10.4 Å². The Morgan fingerprint density at radius 1 is 1.26 bits per heavy atom. The summed E-state index contributed by atoms with van der Waals surface area (Å²) >= 11 is 0. The zero-order valence-corrected chi connectivity index (χ0v) is 11.9. The van der Waals surface area contributed by atoms with E-state index in [4.69, 9.17) is 5.26 Å². The van der Waals surface area contributed by atoms with Crippen LogP contribution >= 0.6 is 0 Å². The number of carbonyl (C=O) groups excluding carboxylic acids is 1. The summed E-state index contributed by atoms with van der Waals surface area (Å²) in [7, 11) is 0. The first kappa shape index (κ1) is 15.1. The fourth-order valence-electron chi connectivity index (χ4n) is 2.82. The minimum absolute atomic E-state index is 0.206. The number of halogens is 2. The molecule has 0 fully saturated rings. The molecule has 1 aliphatic rings. The smallest absolute Gasteiger partial charge is 0.257 e. The Labute approximate surface area is 131 Å². The minimum Gasteiger partial charge on any atom is -0.390 e. The Balaban J connectivity index is 1.90. The Bertz CT molecular complexity index is 807. The van der Waals surface area contributed by atoms with Crippen molar-refractivity contribution < 1.29 is 18.7 Å². The number of rotatable bonds is 2. The topological polar surface area (TPSA) is 73.1 Å². The van der Waals surface area contributed by atoms with E-state index < -0.39 is 35.3 Å². The molecule has 2 N–H and O–H groups in total. The van der Waals surface area contributed by atoms with Gasteiger partial charge in [0.2, 0.25) is 0 Å². The summed E-state index contributed by atoms with van der Waals surface area (Å²) < 4.78 is 27.8. The molecule has 0 spiro atoms. The number of benzene rings is 2. The van der Waals surface area contributed by atoms with Gasteiger partial charge >= 0.3 is 0 Å². The van der Waals surface area contributed by atoms with E-state index in [0.717, 1.165) is 23.3 Å². The molecule has 116 valence electrons. The third-order valence-corrected chi connectivity index (χ3v) is 3.89. The molecule has 4 nitrogen and oxygen atoms in total. The van der Waals surface area contributed by atoms with E-state index in [9.17, 15) is 18.7 Å². The molecular formula is C17H12F2N2O2. The fourth-order valence-corrected chi connectivity index (χ4v) is 2.82. The van der Waals surface area contributed by atoms with Crippen molar-refractivity contribution in [3.8, 4) is 6.07 Å². The van der Waals surface area contributed by atoms with Crippen LogP contribution in [0.4, 0.5) is 8.78 Å². The van der Waals surface area contributed by atoms with Gasteiger partial charge in [0, 0.05) is 6.42 Å². The van der Waals surface area contributed by atoms with Crippen LogP contribution in [0.25, 0.3) is 0 Å². The molecule has 2 aromatic rings. The predicted octanol–water partition coefficient (Wildman–Crippen LogP) is 2.22. The molecule has 0 aliphatic heterocycles. The van der Waals surface area contributed by atoms with Gasteiger partial charge in [-0.05, 0) is 23.3 Å². The van der Waals surface area contributed by atoms with Gasteiger partial charge in [-0.3, -0.25) is 4.79 Å². The number of nitrogens with one attached hydrogen (secondary N) is 1. The molecule has 0 bridgehead atoms. The molecule has 1 aliphatic carbocycles. The van der Waals surface area contributed by atoms with Gasteiger partial charge in [-0.25, -0.2) is 8.78 Å². The van der Waals surface area contributed by atoms with Crippen LogP contribution in [-0.2, 0) is 6.42 Å². The third kappa shape index (κ3) is 2.67. The lowest BCUT2D eigenvalue weighted by Gasteiger charge is -2.18. The van der Waals surface area contributed by atoms with Crippen molar-refractivity contribution in [1.82, 2.24) is 5.32 Å². The first-order valence-corrected chi connectivity index (χ1v) is 6.97. The molecule has 6 heteroatoms. The van der Waals surface area contributed by atoms with Gasteiger partial charge in [-0.2, -0.15) is 5.26 Å². The molecule has 1 amide bonds. The lowest BCUT2D eigenvalue weighted by Crippen LogP contribution is -2.34. The van der Waals surface area contributed by atoms with Gasteiger partial charge in [-0.1, -0.05) is 24.3 Å². The Hall–Kier alpha value is -2.78. The maximum absolute atomic E-state index is 13.9. The minimum atomic E-state index is -1.11. The lowest BCUT2D eigenvalue weighted by atomic mass is 10.1. The molecule has 0 saturated heterocycles. The third-order valence-electron chi connectivity index (χ3n) is 3.89. The first-order chi connectivity index (χ1) is 11.0. The van der Waals surface area contributed by atoms with Gasteiger partial charge in [0.1, 0.15) is 17.2 Å². The molecule has 0 aromatic heterocycles. The zero-order valence-electron chi connectivity index (χ0n) is 11.9. The number of hydrogen-bond acceptors (Lipinski definition) is 3. The maximum atomic E-state index is 13.9. The number of amides is 1. The molecule has 2 unspecified atom stereocenters. The van der Waals surface area contributed by atoms with Crippen LogP contribution in [0.3, 0.4) is 0 Å². The van der Waals surface area contributed by atoms with Crippen LogP contribution in [0.2, 0.25) is 0 Å². The lowest BCUT2D eigenvalue weighted by molar-refractivity contribution is 0.0850. The van der Waals surface area contributed by atoms with Crippen molar-refractivity contribution in [2.45, 2.75) is 18.6 Å². The highest BCUT2D eigenvalue weighted by Gasteiger charge is 2.33. The van der Waals surface area contributed by atoms with Gasteiger partial charge in [0.15, 0.2) is 0 Å². The molecule has 3 rings (SSSR count). The maximum Gasteiger partial charge on any atom is 0.257 e. The van der Waals surface area contributed by atoms with Crippen molar-refractivity contribution >= 4 is 5.91 Å². The number of fused-ring (bicyclic) bond motifs is 1. The van der Waals surface area contributed by atoms with Gasteiger partial charge in [0.05, 0.1) is 23.8 Å². The van der Waals surface area contributed by atoms with Crippen molar-refractivity contribution in [3.63, 3.8) is 0 Å². The van der Waals surface area contributed by atoms with E-state index in [1.54, 1.807) is 18.2 Å². The standard InChI is InChI=1S/C17H12F2N2O2/c18-12-5-9(8-20)6-13(19)15(12)17(23)21-16-11-4-2-1-3-10(11)7-14(16)22/h1-6,14,16,22H,7H2,(H,21,23). The van der Waals surface area contributed by atoms with Crippen LogP contribution < -0.4 is 5.32 Å². The molecule has 0 saturated carbocycles. The van der Waals surface area contributed by atoms with E-state index in [0.29, 0.717) is 6.42 Å². The van der Waals surface area contributed by atoms with E-state index in [2.05, 4.69) is 5.32 Å². The van der Waals surface area contributed by atoms with Crippen molar-refractivity contribution in [2.75, 3.05) is 0 Å². The molecule has 2 aromatic carbocycles. The number of carbonyl (C=O) groups is 1. The normalized spacial score (nSPS) is 19.0. The monoisotopic (exact) mass is 314 g/mol. The molecule has 0 heterocycles. The van der Waals surface area contributed by atoms with Crippen molar-refractivity contribution in [3.05, 3.63) is 70.3 Å². The van der Waals surface area contributed by atoms with E-state index in [1.807, 2.05) is 12.1 Å². The zero-order chi connectivity index (χ0) is 16.6.